The van der Waals surface area contributed by atoms with E-state index in [2.05, 4.69) is 27.8 Å². The highest BCUT2D eigenvalue weighted by atomic mass is 32.1. The number of aliphatic imine (C=N–C) groups is 1. The lowest BCUT2D eigenvalue weighted by Gasteiger charge is -2.12. The molecule has 2 heterocycles. The van der Waals surface area contributed by atoms with Crippen LogP contribution in [0.1, 0.15) is 24.1 Å². The van der Waals surface area contributed by atoms with E-state index >= 15 is 0 Å². The average Bonchev–Trinajstić information content (AvgIpc) is 2.69. The third kappa shape index (κ3) is 2.56. The topological polar surface area (TPSA) is 24.4 Å². The van der Waals surface area contributed by atoms with Gasteiger partial charge in [-0.2, -0.15) is 0 Å². The van der Waals surface area contributed by atoms with Crippen molar-refractivity contribution >= 4 is 17.2 Å². The minimum absolute atomic E-state index is 0.941. The van der Waals surface area contributed by atoms with Crippen molar-refractivity contribution in [1.82, 2.24) is 5.32 Å². The quantitative estimate of drug-likeness (QED) is 0.768. The summed E-state index contributed by atoms with van der Waals surface area (Å²) in [4.78, 5) is 5.82. The standard InChI is InChI=1S/C10H14N2S/c1-2-6-11-10(5-1)12-8-9-4-3-7-13-9/h3-4,7H,1-2,5-6,8H2,(H,11,12). The molecule has 0 saturated heterocycles. The van der Waals surface area contributed by atoms with Crippen LogP contribution in [-0.4, -0.2) is 12.4 Å². The molecule has 3 heteroatoms. The van der Waals surface area contributed by atoms with E-state index in [1.165, 1.54) is 23.6 Å². The smallest absolute Gasteiger partial charge is 0.0965 e. The minimum Gasteiger partial charge on any atom is -0.369 e. The van der Waals surface area contributed by atoms with Gasteiger partial charge in [0.15, 0.2) is 0 Å². The summed E-state index contributed by atoms with van der Waals surface area (Å²) in [6.45, 7) is 1.95. The van der Waals surface area contributed by atoms with Crippen LogP contribution in [-0.2, 0) is 6.54 Å². The summed E-state index contributed by atoms with van der Waals surface area (Å²) in [7, 11) is 0. The summed E-state index contributed by atoms with van der Waals surface area (Å²) in [5.74, 6) is 1.19. The van der Waals surface area contributed by atoms with Crippen LogP contribution in [0, 0.1) is 0 Å². The molecule has 0 amide bonds. The van der Waals surface area contributed by atoms with Crippen molar-refractivity contribution in [2.75, 3.05) is 6.54 Å². The van der Waals surface area contributed by atoms with Crippen LogP contribution in [0.5, 0.6) is 0 Å². The third-order valence-electron chi connectivity index (χ3n) is 2.17. The number of hydrogen-bond acceptors (Lipinski definition) is 3. The second-order valence-electron chi connectivity index (χ2n) is 3.22. The number of nitrogens with zero attached hydrogens (tertiary/aromatic N) is 1. The lowest BCUT2D eigenvalue weighted by atomic mass is 10.2. The predicted molar refractivity (Wildman–Crippen MR) is 57.3 cm³/mol. The van der Waals surface area contributed by atoms with Gasteiger partial charge in [0.25, 0.3) is 0 Å². The molecule has 0 spiro atoms. The molecular formula is C10H14N2S. The number of thiophene rings is 1. The van der Waals surface area contributed by atoms with Crippen LogP contribution in [0.2, 0.25) is 0 Å². The lowest BCUT2D eigenvalue weighted by molar-refractivity contribution is 0.707. The van der Waals surface area contributed by atoms with Gasteiger partial charge in [-0.3, -0.25) is 4.99 Å². The van der Waals surface area contributed by atoms with Gasteiger partial charge in [0, 0.05) is 17.8 Å². The van der Waals surface area contributed by atoms with E-state index < -0.39 is 0 Å². The molecule has 70 valence electrons. The van der Waals surface area contributed by atoms with E-state index in [-0.39, 0.29) is 0 Å². The van der Waals surface area contributed by atoms with Crippen LogP contribution in [0.3, 0.4) is 0 Å². The largest absolute Gasteiger partial charge is 0.369 e. The summed E-state index contributed by atoms with van der Waals surface area (Å²) >= 11 is 1.79. The molecule has 0 radical (unpaired) electrons. The Morgan fingerprint density at radius 2 is 2.46 bits per heavy atom. The van der Waals surface area contributed by atoms with Gasteiger partial charge in [0.05, 0.1) is 12.4 Å². The van der Waals surface area contributed by atoms with Crippen molar-refractivity contribution in [3.8, 4) is 0 Å². The molecule has 0 fully saturated rings. The highest BCUT2D eigenvalue weighted by molar-refractivity contribution is 7.09. The second kappa shape index (κ2) is 4.42. The fraction of sp³-hybridized carbons (Fsp3) is 0.500. The third-order valence-corrected chi connectivity index (χ3v) is 3.05. The zero-order chi connectivity index (χ0) is 8.93. The van der Waals surface area contributed by atoms with E-state index in [1.807, 2.05) is 0 Å². The molecule has 0 bridgehead atoms. The minimum atomic E-state index is 0.941. The Balaban J connectivity index is 1.82. The van der Waals surface area contributed by atoms with Crippen molar-refractivity contribution < 1.29 is 0 Å². The van der Waals surface area contributed by atoms with Gasteiger partial charge in [-0.05, 0) is 24.3 Å². The molecule has 0 aliphatic carbocycles. The van der Waals surface area contributed by atoms with Gasteiger partial charge < -0.3 is 5.32 Å². The van der Waals surface area contributed by atoms with Crippen LogP contribution in [0.25, 0.3) is 0 Å². The zero-order valence-electron chi connectivity index (χ0n) is 7.62. The first-order chi connectivity index (χ1) is 6.45. The van der Waals surface area contributed by atoms with Gasteiger partial charge >= 0.3 is 0 Å². The van der Waals surface area contributed by atoms with E-state index in [0.717, 1.165) is 19.5 Å². The summed E-state index contributed by atoms with van der Waals surface area (Å²) in [5, 5.41) is 5.50. The van der Waals surface area contributed by atoms with Crippen molar-refractivity contribution in [2.45, 2.75) is 25.8 Å². The number of rotatable bonds is 2. The van der Waals surface area contributed by atoms with Gasteiger partial charge in [-0.15, -0.1) is 11.3 Å². The first-order valence-electron chi connectivity index (χ1n) is 4.75. The van der Waals surface area contributed by atoms with Crippen LogP contribution in [0.15, 0.2) is 22.5 Å². The normalized spacial score (nSPS) is 16.8. The average molecular weight is 194 g/mol. The molecule has 0 saturated carbocycles. The molecule has 2 nitrogen and oxygen atoms in total. The van der Waals surface area contributed by atoms with Gasteiger partial charge in [0.2, 0.25) is 0 Å². The molecule has 1 aromatic heterocycles. The summed E-state index contributed by atoms with van der Waals surface area (Å²) < 4.78 is 0. The fourth-order valence-electron chi connectivity index (χ4n) is 1.44. The maximum atomic E-state index is 4.44. The second-order valence-corrected chi connectivity index (χ2v) is 4.25. The lowest BCUT2D eigenvalue weighted by Crippen LogP contribution is -2.24. The maximum absolute atomic E-state index is 4.44. The number of nitrogens with one attached hydrogen (secondary N) is 1. The Morgan fingerprint density at radius 1 is 1.46 bits per heavy atom. The molecular weight excluding hydrogens is 180 g/mol. The van der Waals surface area contributed by atoms with Crippen LogP contribution < -0.4 is 5.32 Å². The molecule has 1 aromatic rings. The SMILES string of the molecule is c1csc(CNC2=NCCCC2)c1. The van der Waals surface area contributed by atoms with E-state index in [4.69, 9.17) is 0 Å². The van der Waals surface area contributed by atoms with Gasteiger partial charge in [-0.25, -0.2) is 0 Å². The first-order valence-corrected chi connectivity index (χ1v) is 5.63. The Bertz CT molecular complexity index is 277. The Morgan fingerprint density at radius 3 is 3.15 bits per heavy atom. The highest BCUT2D eigenvalue weighted by Gasteiger charge is 2.03. The van der Waals surface area contributed by atoms with E-state index in [1.54, 1.807) is 11.3 Å². The highest BCUT2D eigenvalue weighted by Crippen LogP contribution is 2.09. The van der Waals surface area contributed by atoms with Gasteiger partial charge in [-0.1, -0.05) is 6.07 Å². The van der Waals surface area contributed by atoms with Crippen molar-refractivity contribution in [3.05, 3.63) is 22.4 Å². The first kappa shape index (κ1) is 8.75. The number of amidine groups is 1. The predicted octanol–water partition coefficient (Wildman–Crippen LogP) is 2.42. The number of hydrogen-bond donors (Lipinski definition) is 1. The van der Waals surface area contributed by atoms with E-state index in [9.17, 15) is 0 Å². The maximum Gasteiger partial charge on any atom is 0.0965 e. The van der Waals surface area contributed by atoms with Crippen LogP contribution in [0.4, 0.5) is 0 Å². The molecule has 2 rings (SSSR count). The molecule has 1 N–H and O–H groups in total. The Labute approximate surface area is 82.7 Å². The molecule has 0 unspecified atom stereocenters. The molecule has 0 aromatic carbocycles. The summed E-state index contributed by atoms with van der Waals surface area (Å²) in [6, 6.07) is 4.24. The van der Waals surface area contributed by atoms with E-state index in [0.29, 0.717) is 0 Å². The Hall–Kier alpha value is -0.830. The summed E-state index contributed by atoms with van der Waals surface area (Å²) in [6.07, 6.45) is 3.67. The molecule has 1 aliphatic rings. The fourth-order valence-corrected chi connectivity index (χ4v) is 2.09. The van der Waals surface area contributed by atoms with Crippen molar-refractivity contribution in [3.63, 3.8) is 0 Å². The van der Waals surface area contributed by atoms with Crippen molar-refractivity contribution in [2.24, 2.45) is 4.99 Å². The Kier molecular flexibility index (Phi) is 2.98. The molecule has 0 atom stereocenters. The van der Waals surface area contributed by atoms with Gasteiger partial charge in [0.1, 0.15) is 0 Å². The monoisotopic (exact) mass is 194 g/mol. The zero-order valence-corrected chi connectivity index (χ0v) is 8.44. The molecule has 1 aliphatic heterocycles. The summed E-state index contributed by atoms with van der Waals surface area (Å²) in [5.41, 5.74) is 0. The molecule has 13 heavy (non-hydrogen) atoms. The van der Waals surface area contributed by atoms with Crippen LogP contribution >= 0.6 is 11.3 Å². The van der Waals surface area contributed by atoms with Crippen molar-refractivity contribution in [1.29, 1.82) is 0 Å².